The fourth-order valence-electron chi connectivity index (χ4n) is 3.39. The number of aryl methyl sites for hydroxylation is 1. The normalized spacial score (nSPS) is 12.0. The molecule has 2 aromatic carbocycles. The summed E-state index contributed by atoms with van der Waals surface area (Å²) in [5.74, 6) is 0. The van der Waals surface area contributed by atoms with Crippen LogP contribution >= 0.6 is 11.6 Å². The molecule has 0 spiro atoms. The van der Waals surface area contributed by atoms with Crippen molar-refractivity contribution < 1.29 is 0 Å². The molecule has 0 bridgehead atoms. The summed E-state index contributed by atoms with van der Waals surface area (Å²) in [6, 6.07) is 16.4. The first-order valence-corrected chi connectivity index (χ1v) is 9.68. The first-order chi connectivity index (χ1) is 12.9. The van der Waals surface area contributed by atoms with Crippen molar-refractivity contribution in [1.82, 2.24) is 14.5 Å². The molecule has 2 aromatic heterocycles. The van der Waals surface area contributed by atoms with Gasteiger partial charge >= 0.3 is 0 Å². The number of imidazole rings is 1. The maximum atomic E-state index is 6.17. The fraction of sp³-hybridized carbons (Fsp3) is 0.261. The minimum atomic E-state index is 0.266. The van der Waals surface area contributed by atoms with Gasteiger partial charge < -0.3 is 9.55 Å². The van der Waals surface area contributed by atoms with E-state index in [-0.39, 0.29) is 5.41 Å². The summed E-state index contributed by atoms with van der Waals surface area (Å²) in [5, 5.41) is 1.90. The number of nitrogens with zero attached hydrogens (tertiary/aromatic N) is 2. The van der Waals surface area contributed by atoms with Crippen molar-refractivity contribution in [2.45, 2.75) is 33.7 Å². The van der Waals surface area contributed by atoms with Crippen LogP contribution < -0.4 is 0 Å². The molecule has 0 amide bonds. The number of hydrogen-bond acceptors (Lipinski definition) is 1. The predicted octanol–water partition coefficient (Wildman–Crippen LogP) is 6.79. The predicted molar refractivity (Wildman–Crippen MR) is 114 cm³/mol. The monoisotopic (exact) mass is 377 g/mol. The van der Waals surface area contributed by atoms with Crippen LogP contribution in [0.25, 0.3) is 33.4 Å². The van der Waals surface area contributed by atoms with Crippen LogP contribution in [0.4, 0.5) is 0 Å². The average molecular weight is 378 g/mol. The quantitative estimate of drug-likeness (QED) is 0.417. The smallest absolute Gasteiger partial charge is 0.0963 e. The van der Waals surface area contributed by atoms with E-state index in [4.69, 9.17) is 16.6 Å². The third-order valence-electron chi connectivity index (χ3n) is 4.89. The van der Waals surface area contributed by atoms with Gasteiger partial charge in [-0.05, 0) is 24.0 Å². The highest BCUT2D eigenvalue weighted by Gasteiger charge is 2.19. The van der Waals surface area contributed by atoms with E-state index in [1.54, 1.807) is 0 Å². The maximum absolute atomic E-state index is 6.17. The molecule has 0 unspecified atom stereocenters. The van der Waals surface area contributed by atoms with Gasteiger partial charge in [0.1, 0.15) is 0 Å². The highest BCUT2D eigenvalue weighted by atomic mass is 35.5. The third-order valence-corrected chi connectivity index (χ3v) is 5.12. The zero-order valence-electron chi connectivity index (χ0n) is 16.0. The highest BCUT2D eigenvalue weighted by molar-refractivity contribution is 6.31. The van der Waals surface area contributed by atoms with Crippen molar-refractivity contribution in [1.29, 1.82) is 0 Å². The van der Waals surface area contributed by atoms with Gasteiger partial charge in [-0.3, -0.25) is 0 Å². The van der Waals surface area contributed by atoms with Crippen molar-refractivity contribution in [3.05, 3.63) is 66.1 Å². The Morgan fingerprint density at radius 1 is 1.07 bits per heavy atom. The van der Waals surface area contributed by atoms with Gasteiger partial charge in [0.25, 0.3) is 0 Å². The Morgan fingerprint density at radius 3 is 2.59 bits per heavy atom. The summed E-state index contributed by atoms with van der Waals surface area (Å²) in [6.45, 7) is 7.75. The number of H-pyrrole nitrogens is 1. The molecule has 27 heavy (non-hydrogen) atoms. The molecular weight excluding hydrogens is 354 g/mol. The maximum Gasteiger partial charge on any atom is 0.0963 e. The Morgan fingerprint density at radius 2 is 1.85 bits per heavy atom. The summed E-state index contributed by atoms with van der Waals surface area (Å²) in [5.41, 5.74) is 5.76. The van der Waals surface area contributed by atoms with Gasteiger partial charge in [-0.15, -0.1) is 0 Å². The Balaban J connectivity index is 1.88. The first kappa shape index (κ1) is 17.9. The van der Waals surface area contributed by atoms with E-state index in [0.29, 0.717) is 0 Å². The summed E-state index contributed by atoms with van der Waals surface area (Å²) in [7, 11) is 0. The highest BCUT2D eigenvalue weighted by Crippen LogP contribution is 2.37. The Hall–Kier alpha value is -2.52. The molecule has 0 saturated heterocycles. The molecule has 4 rings (SSSR count). The standard InChI is InChI=1S/C23H24ClN3/c1-23(2,3)11-12-27-15-26-21(16-7-5-4-6-8-16)22(27)19-14-25-20-13-17(24)9-10-18(19)20/h4-10,13-15,25H,11-12H2,1-3H3. The summed E-state index contributed by atoms with van der Waals surface area (Å²) >= 11 is 6.17. The van der Waals surface area contributed by atoms with Crippen LogP contribution in [0, 0.1) is 5.41 Å². The number of benzene rings is 2. The van der Waals surface area contributed by atoms with Crippen molar-refractivity contribution in [2.75, 3.05) is 0 Å². The van der Waals surface area contributed by atoms with Gasteiger partial charge in [0, 0.05) is 39.8 Å². The van der Waals surface area contributed by atoms with Crippen LogP contribution in [0.1, 0.15) is 27.2 Å². The minimum absolute atomic E-state index is 0.266. The average Bonchev–Trinajstić information content (AvgIpc) is 3.23. The molecule has 0 fully saturated rings. The van der Waals surface area contributed by atoms with Crippen molar-refractivity contribution in [2.24, 2.45) is 5.41 Å². The van der Waals surface area contributed by atoms with E-state index in [1.165, 1.54) is 0 Å². The zero-order valence-corrected chi connectivity index (χ0v) is 16.7. The number of nitrogens with one attached hydrogen (secondary N) is 1. The number of aromatic nitrogens is 3. The lowest BCUT2D eigenvalue weighted by Crippen LogP contribution is -2.10. The Bertz CT molecular complexity index is 1070. The van der Waals surface area contributed by atoms with E-state index < -0.39 is 0 Å². The van der Waals surface area contributed by atoms with Gasteiger partial charge in [-0.2, -0.15) is 0 Å². The van der Waals surface area contributed by atoms with Crippen molar-refractivity contribution in [3.63, 3.8) is 0 Å². The fourth-order valence-corrected chi connectivity index (χ4v) is 3.56. The second-order valence-corrected chi connectivity index (χ2v) is 8.64. The SMILES string of the molecule is CC(C)(C)CCn1cnc(-c2ccccc2)c1-c1c[nH]c2cc(Cl)ccc12. The Kier molecular flexibility index (Phi) is 4.56. The van der Waals surface area contributed by atoms with Crippen LogP contribution in [-0.4, -0.2) is 14.5 Å². The van der Waals surface area contributed by atoms with Crippen LogP contribution in [-0.2, 0) is 6.54 Å². The molecule has 0 aliphatic heterocycles. The largest absolute Gasteiger partial charge is 0.360 e. The topological polar surface area (TPSA) is 33.6 Å². The number of halogens is 1. The second kappa shape index (κ2) is 6.90. The molecule has 4 aromatic rings. The zero-order chi connectivity index (χ0) is 19.0. The summed E-state index contributed by atoms with van der Waals surface area (Å²) in [6.07, 6.45) is 5.12. The van der Waals surface area contributed by atoms with Gasteiger partial charge in [0.05, 0.1) is 17.7 Å². The molecular formula is C23H24ClN3. The number of hydrogen-bond donors (Lipinski definition) is 1. The van der Waals surface area contributed by atoms with E-state index in [0.717, 1.165) is 51.4 Å². The molecule has 0 atom stereocenters. The first-order valence-electron chi connectivity index (χ1n) is 9.30. The van der Waals surface area contributed by atoms with E-state index in [1.807, 2.05) is 24.5 Å². The molecule has 2 heterocycles. The number of fused-ring (bicyclic) bond motifs is 1. The molecule has 138 valence electrons. The van der Waals surface area contributed by atoms with Gasteiger partial charge in [-0.1, -0.05) is 68.8 Å². The van der Waals surface area contributed by atoms with E-state index >= 15 is 0 Å². The van der Waals surface area contributed by atoms with Crippen LogP contribution in [0.3, 0.4) is 0 Å². The third kappa shape index (κ3) is 3.65. The Labute approximate surface area is 165 Å². The number of rotatable bonds is 4. The molecule has 4 heteroatoms. The van der Waals surface area contributed by atoms with Crippen LogP contribution in [0.5, 0.6) is 0 Å². The molecule has 3 nitrogen and oxygen atoms in total. The molecule has 0 radical (unpaired) electrons. The molecule has 0 aliphatic rings. The van der Waals surface area contributed by atoms with Gasteiger partial charge in [0.2, 0.25) is 0 Å². The molecule has 0 aliphatic carbocycles. The van der Waals surface area contributed by atoms with E-state index in [2.05, 4.69) is 66.9 Å². The van der Waals surface area contributed by atoms with Gasteiger partial charge in [0.15, 0.2) is 0 Å². The number of aromatic amines is 1. The van der Waals surface area contributed by atoms with Crippen LogP contribution in [0.15, 0.2) is 61.1 Å². The minimum Gasteiger partial charge on any atom is -0.360 e. The summed E-state index contributed by atoms with van der Waals surface area (Å²) in [4.78, 5) is 8.16. The van der Waals surface area contributed by atoms with Crippen molar-refractivity contribution in [3.8, 4) is 22.5 Å². The lowest BCUT2D eigenvalue weighted by atomic mass is 9.92. The lowest BCUT2D eigenvalue weighted by molar-refractivity contribution is 0.351. The van der Waals surface area contributed by atoms with E-state index in [9.17, 15) is 0 Å². The molecule has 0 saturated carbocycles. The van der Waals surface area contributed by atoms with Crippen molar-refractivity contribution >= 4 is 22.5 Å². The van der Waals surface area contributed by atoms with Gasteiger partial charge in [-0.25, -0.2) is 4.98 Å². The lowest BCUT2D eigenvalue weighted by Gasteiger charge is -2.19. The second-order valence-electron chi connectivity index (χ2n) is 8.20. The molecule has 1 N–H and O–H groups in total. The van der Waals surface area contributed by atoms with Crippen LogP contribution in [0.2, 0.25) is 5.02 Å². The summed E-state index contributed by atoms with van der Waals surface area (Å²) < 4.78 is 2.28.